The first-order valence-electron chi connectivity index (χ1n) is 6.83. The minimum absolute atomic E-state index is 0.0139. The minimum atomic E-state index is -0.184. The topological polar surface area (TPSA) is 26.3 Å². The minimum Gasteiger partial charge on any atom is -0.462 e. The molecule has 0 fully saturated rings. The Morgan fingerprint density at radius 3 is 2.42 bits per heavy atom. The van der Waals surface area contributed by atoms with Crippen LogP contribution in [0.15, 0.2) is 35.9 Å². The van der Waals surface area contributed by atoms with Gasteiger partial charge < -0.3 is 4.74 Å². The summed E-state index contributed by atoms with van der Waals surface area (Å²) in [5.74, 6) is -0.184. The van der Waals surface area contributed by atoms with Gasteiger partial charge in [0.05, 0.1) is 0 Å². The van der Waals surface area contributed by atoms with Crippen molar-refractivity contribution in [3.63, 3.8) is 0 Å². The molecule has 0 aromatic heterocycles. The molecular weight excluding hydrogens is 236 g/mol. The fourth-order valence-corrected chi connectivity index (χ4v) is 3.32. The van der Waals surface area contributed by atoms with Crippen LogP contribution in [0.3, 0.4) is 0 Å². The van der Waals surface area contributed by atoms with E-state index in [-0.39, 0.29) is 17.5 Å². The van der Waals surface area contributed by atoms with E-state index in [1.165, 1.54) is 23.6 Å². The summed E-state index contributed by atoms with van der Waals surface area (Å²) in [5.41, 5.74) is 4.04. The van der Waals surface area contributed by atoms with E-state index in [9.17, 15) is 4.79 Å². The van der Waals surface area contributed by atoms with Crippen molar-refractivity contribution in [2.45, 2.75) is 46.6 Å². The Hall–Kier alpha value is -1.57. The molecule has 1 aromatic rings. The summed E-state index contributed by atoms with van der Waals surface area (Å²) in [6.07, 6.45) is 1.74. The number of ether oxygens (including phenoxy) is 1. The van der Waals surface area contributed by atoms with Gasteiger partial charge in [-0.3, -0.25) is 4.79 Å². The highest BCUT2D eigenvalue weighted by atomic mass is 16.5. The first-order chi connectivity index (χ1) is 8.90. The molecule has 2 heteroatoms. The van der Waals surface area contributed by atoms with E-state index in [4.69, 9.17) is 4.74 Å². The van der Waals surface area contributed by atoms with Gasteiger partial charge in [0.1, 0.15) is 6.10 Å². The summed E-state index contributed by atoms with van der Waals surface area (Å²) in [7, 11) is 0. The van der Waals surface area contributed by atoms with Gasteiger partial charge in [0, 0.05) is 13.3 Å². The third kappa shape index (κ3) is 3.06. The molecule has 102 valence electrons. The number of benzene rings is 1. The molecule has 1 aliphatic rings. The summed E-state index contributed by atoms with van der Waals surface area (Å²) >= 11 is 0. The average molecular weight is 258 g/mol. The maximum absolute atomic E-state index is 11.1. The van der Waals surface area contributed by atoms with Crippen molar-refractivity contribution in [2.24, 2.45) is 5.41 Å². The predicted molar refractivity (Wildman–Crippen MR) is 77.6 cm³/mol. The van der Waals surface area contributed by atoms with Gasteiger partial charge in [0.25, 0.3) is 0 Å². The van der Waals surface area contributed by atoms with Gasteiger partial charge in [0.2, 0.25) is 0 Å². The second-order valence-corrected chi connectivity index (χ2v) is 6.04. The fourth-order valence-electron chi connectivity index (χ4n) is 3.32. The molecule has 0 radical (unpaired) electrons. The predicted octanol–water partition coefficient (Wildman–Crippen LogP) is 4.21. The van der Waals surface area contributed by atoms with Gasteiger partial charge in [0.15, 0.2) is 0 Å². The van der Waals surface area contributed by atoms with Crippen LogP contribution >= 0.6 is 0 Å². The van der Waals surface area contributed by atoms with E-state index in [1.807, 2.05) is 6.07 Å². The Labute approximate surface area is 115 Å². The Balaban J connectivity index is 2.35. The SMILES string of the molecule is CC(=O)O[C@@H]1CC(C)=C(c2ccccc2)C(C)(C)C1. The van der Waals surface area contributed by atoms with E-state index in [0.29, 0.717) is 0 Å². The lowest BCUT2D eigenvalue weighted by molar-refractivity contribution is -0.147. The van der Waals surface area contributed by atoms with Gasteiger partial charge in [-0.05, 0) is 29.9 Å². The Bertz CT molecular complexity index is 497. The lowest BCUT2D eigenvalue weighted by atomic mass is 9.69. The van der Waals surface area contributed by atoms with Crippen LogP contribution in [-0.2, 0) is 9.53 Å². The Morgan fingerprint density at radius 1 is 1.26 bits per heavy atom. The van der Waals surface area contributed by atoms with Crippen LogP contribution in [-0.4, -0.2) is 12.1 Å². The molecule has 0 spiro atoms. The molecule has 0 bridgehead atoms. The summed E-state index contributed by atoms with van der Waals surface area (Å²) < 4.78 is 5.41. The molecule has 0 unspecified atom stereocenters. The van der Waals surface area contributed by atoms with Crippen molar-refractivity contribution < 1.29 is 9.53 Å². The van der Waals surface area contributed by atoms with Crippen molar-refractivity contribution in [1.29, 1.82) is 0 Å². The van der Waals surface area contributed by atoms with Crippen molar-refractivity contribution in [3.8, 4) is 0 Å². The number of allylic oxidation sites excluding steroid dienone is 1. The smallest absolute Gasteiger partial charge is 0.302 e. The molecule has 0 heterocycles. The highest BCUT2D eigenvalue weighted by molar-refractivity contribution is 5.74. The first kappa shape index (κ1) is 13.9. The van der Waals surface area contributed by atoms with Crippen LogP contribution in [0.1, 0.15) is 46.1 Å². The summed E-state index contributed by atoms with van der Waals surface area (Å²) in [4.78, 5) is 11.1. The molecule has 2 rings (SSSR count). The lowest BCUT2D eigenvalue weighted by Crippen LogP contribution is -2.31. The van der Waals surface area contributed by atoms with Gasteiger partial charge in [-0.1, -0.05) is 49.8 Å². The molecule has 1 aliphatic carbocycles. The van der Waals surface area contributed by atoms with Gasteiger partial charge in [-0.15, -0.1) is 0 Å². The number of hydrogen-bond acceptors (Lipinski definition) is 2. The molecule has 1 atom stereocenters. The lowest BCUT2D eigenvalue weighted by Gasteiger charge is -2.38. The number of esters is 1. The number of hydrogen-bond donors (Lipinski definition) is 0. The van der Waals surface area contributed by atoms with E-state index in [0.717, 1.165) is 12.8 Å². The molecule has 1 aromatic carbocycles. The number of carbonyl (C=O) groups excluding carboxylic acids is 1. The fraction of sp³-hybridized carbons (Fsp3) is 0.471. The number of rotatable bonds is 2. The zero-order chi connectivity index (χ0) is 14.0. The van der Waals surface area contributed by atoms with Gasteiger partial charge >= 0.3 is 5.97 Å². The van der Waals surface area contributed by atoms with Gasteiger partial charge in [-0.2, -0.15) is 0 Å². The average Bonchev–Trinajstić information content (AvgIpc) is 2.27. The van der Waals surface area contributed by atoms with E-state index in [1.54, 1.807) is 0 Å². The van der Waals surface area contributed by atoms with Crippen LogP contribution in [0.4, 0.5) is 0 Å². The quantitative estimate of drug-likeness (QED) is 0.743. The number of carbonyl (C=O) groups is 1. The highest BCUT2D eigenvalue weighted by Gasteiger charge is 2.35. The maximum atomic E-state index is 11.1. The molecule has 0 N–H and O–H groups in total. The highest BCUT2D eigenvalue weighted by Crippen LogP contribution is 2.46. The van der Waals surface area contributed by atoms with E-state index >= 15 is 0 Å². The molecule has 0 saturated heterocycles. The van der Waals surface area contributed by atoms with Crippen LogP contribution in [0, 0.1) is 5.41 Å². The normalized spacial score (nSPS) is 22.2. The van der Waals surface area contributed by atoms with Crippen molar-refractivity contribution >= 4 is 11.5 Å². The van der Waals surface area contributed by atoms with E-state index in [2.05, 4.69) is 45.0 Å². The van der Waals surface area contributed by atoms with Crippen LogP contribution in [0.25, 0.3) is 5.57 Å². The molecule has 0 amide bonds. The van der Waals surface area contributed by atoms with Crippen LogP contribution < -0.4 is 0 Å². The zero-order valence-electron chi connectivity index (χ0n) is 12.2. The molecule has 0 aliphatic heterocycles. The largest absolute Gasteiger partial charge is 0.462 e. The molecule has 0 saturated carbocycles. The van der Waals surface area contributed by atoms with Crippen LogP contribution in [0.2, 0.25) is 0 Å². The maximum Gasteiger partial charge on any atom is 0.302 e. The zero-order valence-corrected chi connectivity index (χ0v) is 12.2. The summed E-state index contributed by atoms with van der Waals surface area (Å²) in [6, 6.07) is 10.5. The standard InChI is InChI=1S/C17H22O2/c1-12-10-15(19-13(2)18)11-17(3,4)16(12)14-8-6-5-7-9-14/h5-9,15H,10-11H2,1-4H3/t15-/m1/s1. The summed E-state index contributed by atoms with van der Waals surface area (Å²) in [5, 5.41) is 0. The van der Waals surface area contributed by atoms with Crippen LogP contribution in [0.5, 0.6) is 0 Å². The molecule has 19 heavy (non-hydrogen) atoms. The van der Waals surface area contributed by atoms with Crippen molar-refractivity contribution in [2.75, 3.05) is 0 Å². The third-order valence-corrected chi connectivity index (χ3v) is 3.77. The van der Waals surface area contributed by atoms with Crippen molar-refractivity contribution in [1.82, 2.24) is 0 Å². The Kier molecular flexibility index (Phi) is 3.79. The first-order valence-corrected chi connectivity index (χ1v) is 6.83. The second kappa shape index (κ2) is 5.20. The Morgan fingerprint density at radius 2 is 1.89 bits per heavy atom. The van der Waals surface area contributed by atoms with E-state index < -0.39 is 0 Å². The monoisotopic (exact) mass is 258 g/mol. The van der Waals surface area contributed by atoms with Crippen molar-refractivity contribution in [3.05, 3.63) is 41.5 Å². The second-order valence-electron chi connectivity index (χ2n) is 6.04. The molecular formula is C17H22O2. The molecule has 2 nitrogen and oxygen atoms in total. The third-order valence-electron chi connectivity index (χ3n) is 3.77. The summed E-state index contributed by atoms with van der Waals surface area (Å²) in [6.45, 7) is 8.10. The van der Waals surface area contributed by atoms with Gasteiger partial charge in [-0.25, -0.2) is 0 Å².